The molecule has 1 amide bonds. The molecule has 2 aliphatic rings. The van der Waals surface area contributed by atoms with Crippen molar-refractivity contribution in [1.29, 1.82) is 0 Å². The summed E-state index contributed by atoms with van der Waals surface area (Å²) in [5, 5.41) is 4.54. The number of piperidine rings is 1. The minimum absolute atomic E-state index is 0.0733. The lowest BCUT2D eigenvalue weighted by Crippen LogP contribution is -2.49. The first kappa shape index (κ1) is 21.6. The summed E-state index contributed by atoms with van der Waals surface area (Å²) in [7, 11) is 1.98. The first-order chi connectivity index (χ1) is 15.8. The minimum atomic E-state index is -0.450. The van der Waals surface area contributed by atoms with Crippen molar-refractivity contribution in [3.63, 3.8) is 0 Å². The van der Waals surface area contributed by atoms with Crippen molar-refractivity contribution in [2.75, 3.05) is 13.1 Å². The number of aryl methyl sites for hydroxylation is 3. The fourth-order valence-electron chi connectivity index (χ4n) is 5.12. The van der Waals surface area contributed by atoms with Gasteiger partial charge in [0.15, 0.2) is 0 Å². The third kappa shape index (κ3) is 3.58. The SMILES string of the molecule is Cc1cc(C(=O)N2CCC3(CC2)Oc2ccccc2-c2c3cnn2C)c(C)cc1OC(C)C. The summed E-state index contributed by atoms with van der Waals surface area (Å²) in [5.74, 6) is 1.81. The number of nitrogens with zero attached hydrogens (tertiary/aromatic N) is 3. The highest BCUT2D eigenvalue weighted by molar-refractivity contribution is 5.96. The zero-order chi connectivity index (χ0) is 23.3. The van der Waals surface area contributed by atoms with E-state index in [1.165, 1.54) is 0 Å². The van der Waals surface area contributed by atoms with E-state index in [9.17, 15) is 4.79 Å². The Morgan fingerprint density at radius 3 is 2.58 bits per heavy atom. The van der Waals surface area contributed by atoms with Gasteiger partial charge in [-0.25, -0.2) is 0 Å². The predicted octanol–water partition coefficient (Wildman–Crippen LogP) is 5.02. The Hall–Kier alpha value is -3.28. The Balaban J connectivity index is 1.39. The number of carbonyl (C=O) groups excluding carboxylic acids is 1. The van der Waals surface area contributed by atoms with E-state index in [2.05, 4.69) is 11.2 Å². The van der Waals surface area contributed by atoms with Crippen LogP contribution in [0.3, 0.4) is 0 Å². The molecule has 0 N–H and O–H groups in total. The van der Waals surface area contributed by atoms with E-state index in [0.717, 1.165) is 57.9 Å². The van der Waals surface area contributed by atoms with Crippen molar-refractivity contribution < 1.29 is 14.3 Å². The summed E-state index contributed by atoms with van der Waals surface area (Å²) in [4.78, 5) is 15.4. The van der Waals surface area contributed by atoms with Gasteiger partial charge in [-0.1, -0.05) is 12.1 Å². The average molecular weight is 446 g/mol. The van der Waals surface area contributed by atoms with E-state index in [-0.39, 0.29) is 12.0 Å². The maximum Gasteiger partial charge on any atom is 0.254 e. The summed E-state index contributed by atoms with van der Waals surface area (Å²) in [6.07, 6.45) is 3.50. The molecule has 0 bridgehead atoms. The van der Waals surface area contributed by atoms with E-state index in [1.807, 2.05) is 80.9 Å². The first-order valence-electron chi connectivity index (χ1n) is 11.7. The van der Waals surface area contributed by atoms with Crippen molar-refractivity contribution in [2.24, 2.45) is 7.05 Å². The lowest BCUT2D eigenvalue weighted by Gasteiger charge is -2.44. The van der Waals surface area contributed by atoms with Crippen LogP contribution in [0.4, 0.5) is 0 Å². The van der Waals surface area contributed by atoms with Crippen LogP contribution in [-0.2, 0) is 12.6 Å². The molecule has 33 heavy (non-hydrogen) atoms. The molecule has 3 heterocycles. The number of hydrogen-bond donors (Lipinski definition) is 0. The van der Waals surface area contributed by atoms with Crippen LogP contribution < -0.4 is 9.47 Å². The predicted molar refractivity (Wildman–Crippen MR) is 128 cm³/mol. The number of likely N-dealkylation sites (tertiary alicyclic amines) is 1. The largest absolute Gasteiger partial charge is 0.491 e. The standard InChI is InChI=1S/C27H31N3O3/c1-17(2)32-24-15-18(3)21(14-19(24)4)26(31)30-12-10-27(11-13-30)22-16-28-29(5)25(22)20-8-6-7-9-23(20)33-27/h6-9,14-17H,10-13H2,1-5H3. The number of rotatable bonds is 3. The Kier molecular flexibility index (Phi) is 5.19. The molecule has 0 aliphatic carbocycles. The molecular weight excluding hydrogens is 414 g/mol. The van der Waals surface area contributed by atoms with Crippen LogP contribution in [0.5, 0.6) is 11.5 Å². The highest BCUT2D eigenvalue weighted by Gasteiger charge is 2.46. The average Bonchev–Trinajstić information content (AvgIpc) is 3.19. The molecule has 6 heteroatoms. The second kappa shape index (κ2) is 7.94. The van der Waals surface area contributed by atoms with Gasteiger partial charge < -0.3 is 14.4 Å². The van der Waals surface area contributed by atoms with E-state index in [0.29, 0.717) is 13.1 Å². The molecule has 0 radical (unpaired) electrons. The highest BCUT2D eigenvalue weighted by atomic mass is 16.5. The molecule has 1 saturated heterocycles. The number of carbonyl (C=O) groups is 1. The molecule has 3 aromatic rings. The number of para-hydroxylation sites is 1. The molecule has 2 aliphatic heterocycles. The molecule has 5 rings (SSSR count). The quantitative estimate of drug-likeness (QED) is 0.568. The van der Waals surface area contributed by atoms with Crippen molar-refractivity contribution in [3.05, 3.63) is 64.8 Å². The molecule has 0 unspecified atom stereocenters. The Morgan fingerprint density at radius 2 is 1.85 bits per heavy atom. The molecule has 2 aromatic carbocycles. The van der Waals surface area contributed by atoms with Gasteiger partial charge in [0.25, 0.3) is 5.91 Å². The number of amides is 1. The lowest BCUT2D eigenvalue weighted by molar-refractivity contribution is -0.00174. The van der Waals surface area contributed by atoms with E-state index in [1.54, 1.807) is 0 Å². The summed E-state index contributed by atoms with van der Waals surface area (Å²) in [6, 6.07) is 12.1. The van der Waals surface area contributed by atoms with Gasteiger partial charge in [0.2, 0.25) is 0 Å². The summed E-state index contributed by atoms with van der Waals surface area (Å²) in [6.45, 7) is 9.27. The van der Waals surface area contributed by atoms with Crippen LogP contribution in [-0.4, -0.2) is 39.8 Å². The zero-order valence-corrected chi connectivity index (χ0v) is 20.0. The topological polar surface area (TPSA) is 56.6 Å². The maximum atomic E-state index is 13.5. The third-order valence-corrected chi connectivity index (χ3v) is 6.85. The van der Waals surface area contributed by atoms with Gasteiger partial charge in [-0.05, 0) is 63.1 Å². The summed E-state index contributed by atoms with van der Waals surface area (Å²) >= 11 is 0. The Morgan fingerprint density at radius 1 is 1.12 bits per heavy atom. The van der Waals surface area contributed by atoms with Crippen LogP contribution in [0.25, 0.3) is 11.3 Å². The normalized spacial score (nSPS) is 16.4. The zero-order valence-electron chi connectivity index (χ0n) is 20.0. The first-order valence-corrected chi connectivity index (χ1v) is 11.7. The van der Waals surface area contributed by atoms with E-state index in [4.69, 9.17) is 9.47 Å². The summed E-state index contributed by atoms with van der Waals surface area (Å²) in [5.41, 5.74) is 5.54. The smallest absolute Gasteiger partial charge is 0.254 e. The van der Waals surface area contributed by atoms with Gasteiger partial charge >= 0.3 is 0 Å². The molecule has 0 saturated carbocycles. The van der Waals surface area contributed by atoms with Crippen LogP contribution in [0, 0.1) is 13.8 Å². The van der Waals surface area contributed by atoms with Crippen molar-refractivity contribution >= 4 is 5.91 Å². The molecular formula is C27H31N3O3. The molecule has 172 valence electrons. The molecule has 0 atom stereocenters. The fourth-order valence-corrected chi connectivity index (χ4v) is 5.12. The molecule has 1 aromatic heterocycles. The second-order valence-corrected chi connectivity index (χ2v) is 9.51. The number of aromatic nitrogens is 2. The number of ether oxygens (including phenoxy) is 2. The van der Waals surface area contributed by atoms with Gasteiger partial charge in [0.1, 0.15) is 17.1 Å². The fraction of sp³-hybridized carbons (Fsp3) is 0.407. The van der Waals surface area contributed by atoms with E-state index < -0.39 is 5.60 Å². The number of benzene rings is 2. The van der Waals surface area contributed by atoms with Crippen LogP contribution in [0.15, 0.2) is 42.6 Å². The van der Waals surface area contributed by atoms with Crippen molar-refractivity contribution in [1.82, 2.24) is 14.7 Å². The highest BCUT2D eigenvalue weighted by Crippen LogP contribution is 2.49. The monoisotopic (exact) mass is 445 g/mol. The number of fused-ring (bicyclic) bond motifs is 4. The molecule has 6 nitrogen and oxygen atoms in total. The van der Waals surface area contributed by atoms with Crippen LogP contribution in [0.2, 0.25) is 0 Å². The van der Waals surface area contributed by atoms with Gasteiger partial charge in [0.05, 0.1) is 18.0 Å². The molecule has 1 spiro atoms. The maximum absolute atomic E-state index is 13.5. The van der Waals surface area contributed by atoms with E-state index >= 15 is 0 Å². The Bertz CT molecular complexity index is 1220. The number of hydrogen-bond acceptors (Lipinski definition) is 4. The minimum Gasteiger partial charge on any atom is -0.491 e. The van der Waals surface area contributed by atoms with Crippen LogP contribution in [0.1, 0.15) is 53.7 Å². The third-order valence-electron chi connectivity index (χ3n) is 6.85. The summed E-state index contributed by atoms with van der Waals surface area (Å²) < 4.78 is 14.5. The molecule has 1 fully saturated rings. The van der Waals surface area contributed by atoms with Gasteiger partial charge in [-0.3, -0.25) is 9.48 Å². The van der Waals surface area contributed by atoms with Crippen LogP contribution >= 0.6 is 0 Å². The van der Waals surface area contributed by atoms with Gasteiger partial charge in [-0.2, -0.15) is 5.10 Å². The van der Waals surface area contributed by atoms with Crippen molar-refractivity contribution in [3.8, 4) is 22.8 Å². The van der Waals surface area contributed by atoms with Gasteiger partial charge in [-0.15, -0.1) is 0 Å². The van der Waals surface area contributed by atoms with Gasteiger partial charge in [0, 0.05) is 49.7 Å². The second-order valence-electron chi connectivity index (χ2n) is 9.51. The lowest BCUT2D eigenvalue weighted by atomic mass is 9.81. The Labute approximate surface area is 195 Å². The van der Waals surface area contributed by atoms with Crippen molar-refractivity contribution in [2.45, 2.75) is 52.2 Å².